The van der Waals surface area contributed by atoms with Gasteiger partial charge in [-0.05, 0) is 12.8 Å². The normalized spacial score (nSPS) is 33.4. The number of rotatable bonds is 51. The number of aliphatic hydroxyl groups excluding tert-OH is 16. The molecule has 24 atom stereocenters. The number of hydrogen-bond acceptors (Lipinski definition) is 25. The number of hydrogen-bond donors (Lipinski definition) is 17. The van der Waals surface area contributed by atoms with Crippen molar-refractivity contribution in [2.24, 2.45) is 0 Å². The van der Waals surface area contributed by atoms with Crippen molar-refractivity contribution in [2.45, 2.75) is 379 Å². The zero-order valence-electron chi connectivity index (χ0n) is 55.3. The fourth-order valence-electron chi connectivity index (χ4n) is 12.5. The molecule has 4 fully saturated rings. The molecule has 0 bridgehead atoms. The molecule has 26 heteroatoms. The predicted octanol–water partition coefficient (Wildman–Crippen LogP) is 2.15. The first-order valence-electron chi connectivity index (χ1n) is 35.5. The predicted molar refractivity (Wildman–Crippen MR) is 336 cm³/mol. The summed E-state index contributed by atoms with van der Waals surface area (Å²) in [5.74, 6) is -0.819. The first-order chi connectivity index (χ1) is 44.3. The second-order valence-electron chi connectivity index (χ2n) is 26.4. The topological polar surface area (TPSA) is 427 Å². The number of carbonyl (C=O) groups excluding carboxylic acids is 1. The summed E-state index contributed by atoms with van der Waals surface area (Å²) in [6, 6.07) is -1.37. The average molecular weight is 1330 g/mol. The van der Waals surface area contributed by atoms with Crippen LogP contribution in [0.1, 0.15) is 232 Å². The van der Waals surface area contributed by atoms with Crippen molar-refractivity contribution in [3.63, 3.8) is 0 Å². The Morgan fingerprint density at radius 2 is 0.685 bits per heavy atom. The molecule has 17 N–H and O–H groups in total. The van der Waals surface area contributed by atoms with Crippen LogP contribution in [0.2, 0.25) is 0 Å². The fraction of sp³-hybridized carbons (Fsp3) is 0.985. The second kappa shape index (κ2) is 47.5. The minimum absolute atomic E-state index is 0.147. The van der Waals surface area contributed by atoms with Gasteiger partial charge in [0.05, 0.1) is 45.2 Å². The number of amides is 1. The molecule has 1 amide bonds. The largest absolute Gasteiger partial charge is 0.394 e. The lowest BCUT2D eigenvalue weighted by molar-refractivity contribution is -0.374. The molecule has 4 saturated heterocycles. The molecule has 92 heavy (non-hydrogen) atoms. The Morgan fingerprint density at radius 3 is 1.09 bits per heavy atom. The van der Waals surface area contributed by atoms with Crippen molar-refractivity contribution < 1.29 is 124 Å². The first-order valence-corrected chi connectivity index (χ1v) is 35.5. The van der Waals surface area contributed by atoms with Gasteiger partial charge in [-0.1, -0.05) is 219 Å². The van der Waals surface area contributed by atoms with Crippen LogP contribution >= 0.6 is 0 Å². The molecule has 0 aromatic rings. The summed E-state index contributed by atoms with van der Waals surface area (Å²) < 4.78 is 45.7. The summed E-state index contributed by atoms with van der Waals surface area (Å²) in [5, 5.41) is 175. The standard InChI is InChI=1S/C66H125NO25/c1-3-5-7-9-11-13-15-17-18-19-20-21-22-23-24-26-28-30-32-34-36-44(71)62(84)67-42(49(72)43(70)35-33-31-29-27-25-16-14-12-10-8-6-4-2)39-85-63-58(81)55(78)52(75)47(90-63)40-86-64-59(82)56(79)53(76)48(91-64)41-87-66-61(57(80)51(74)46(38-69)89-66)92-65-60(83)54(77)50(73)45(37-68)88-65/h42-61,63-66,68-83H,3-41H2,1-2H3,(H,67,84). The maximum absolute atomic E-state index is 13.6. The molecule has 4 aliphatic rings. The summed E-state index contributed by atoms with van der Waals surface area (Å²) >= 11 is 0. The molecule has 0 saturated carbocycles. The van der Waals surface area contributed by atoms with Crippen LogP contribution in [-0.4, -0.2) is 268 Å². The van der Waals surface area contributed by atoms with E-state index in [2.05, 4.69) is 19.2 Å². The Hall–Kier alpha value is -1.49. The van der Waals surface area contributed by atoms with Crippen LogP contribution in [-0.2, 0) is 42.7 Å². The molecular weight excluding hydrogens is 1210 g/mol. The number of unbranched alkanes of at least 4 members (excludes halogenated alkanes) is 30. The lowest BCUT2D eigenvalue weighted by Crippen LogP contribution is -2.65. The highest BCUT2D eigenvalue weighted by atomic mass is 16.8. The van der Waals surface area contributed by atoms with E-state index in [1.165, 1.54) is 141 Å². The summed E-state index contributed by atoms with van der Waals surface area (Å²) in [6.07, 6.45) is -2.97. The summed E-state index contributed by atoms with van der Waals surface area (Å²) in [4.78, 5) is 13.6. The molecule has 4 aliphatic heterocycles. The second-order valence-corrected chi connectivity index (χ2v) is 26.4. The van der Waals surface area contributed by atoms with Crippen molar-refractivity contribution in [3.05, 3.63) is 0 Å². The van der Waals surface area contributed by atoms with E-state index >= 15 is 0 Å². The third-order valence-corrected chi connectivity index (χ3v) is 18.7. The third kappa shape index (κ3) is 28.8. The van der Waals surface area contributed by atoms with Crippen LogP contribution < -0.4 is 5.32 Å². The highest BCUT2D eigenvalue weighted by molar-refractivity contribution is 5.80. The molecular formula is C66H125NO25. The molecule has 544 valence electrons. The minimum atomic E-state index is -2.00. The maximum Gasteiger partial charge on any atom is 0.249 e. The van der Waals surface area contributed by atoms with Gasteiger partial charge in [-0.2, -0.15) is 0 Å². The zero-order chi connectivity index (χ0) is 67.4. The van der Waals surface area contributed by atoms with Crippen LogP contribution in [0.4, 0.5) is 0 Å². The van der Waals surface area contributed by atoms with Crippen molar-refractivity contribution in [2.75, 3.05) is 33.0 Å². The van der Waals surface area contributed by atoms with E-state index in [0.29, 0.717) is 12.8 Å². The summed E-state index contributed by atoms with van der Waals surface area (Å²) in [7, 11) is 0. The first kappa shape index (κ1) is 82.9. The van der Waals surface area contributed by atoms with Gasteiger partial charge in [-0.3, -0.25) is 4.79 Å². The highest BCUT2D eigenvalue weighted by Gasteiger charge is 2.53. The van der Waals surface area contributed by atoms with Gasteiger partial charge in [0.25, 0.3) is 0 Å². The van der Waals surface area contributed by atoms with E-state index in [9.17, 15) is 86.5 Å². The molecule has 24 unspecified atom stereocenters. The molecule has 0 aliphatic carbocycles. The third-order valence-electron chi connectivity index (χ3n) is 18.7. The maximum atomic E-state index is 13.6. The number of carbonyl (C=O) groups is 1. The van der Waals surface area contributed by atoms with Crippen LogP contribution in [0.15, 0.2) is 0 Å². The number of ether oxygens (including phenoxy) is 8. The molecule has 0 aromatic carbocycles. The molecule has 4 rings (SSSR count). The van der Waals surface area contributed by atoms with E-state index in [1.807, 2.05) is 0 Å². The summed E-state index contributed by atoms with van der Waals surface area (Å²) in [6.45, 7) is 0.614. The van der Waals surface area contributed by atoms with E-state index in [-0.39, 0.29) is 12.8 Å². The molecule has 26 nitrogen and oxygen atoms in total. The van der Waals surface area contributed by atoms with Crippen LogP contribution in [0.5, 0.6) is 0 Å². The van der Waals surface area contributed by atoms with E-state index < -0.39 is 186 Å². The molecule has 0 spiro atoms. The lowest BCUT2D eigenvalue weighted by Gasteiger charge is -2.46. The van der Waals surface area contributed by atoms with Crippen molar-refractivity contribution in [3.8, 4) is 0 Å². The SMILES string of the molecule is CCCCCCCCCCCCCCCCCCCCCCC(O)C(=O)NC(COC1OC(COC2OC(COC3OC(CO)C(O)C(O)C3OC3OC(CO)C(O)C(O)C3O)C(O)C(O)C2O)C(O)C(O)C1O)C(O)C(O)CCCCCCCCCCCCCC. The Morgan fingerprint density at radius 1 is 0.370 bits per heavy atom. The summed E-state index contributed by atoms with van der Waals surface area (Å²) in [5.41, 5.74) is 0. The fourth-order valence-corrected chi connectivity index (χ4v) is 12.5. The molecule has 4 heterocycles. The lowest BCUT2D eigenvalue weighted by atomic mass is 9.97. The minimum Gasteiger partial charge on any atom is -0.394 e. The molecule has 0 radical (unpaired) electrons. The Kier molecular flexibility index (Phi) is 42.8. The van der Waals surface area contributed by atoms with Crippen molar-refractivity contribution in [1.29, 1.82) is 0 Å². The van der Waals surface area contributed by atoms with Crippen molar-refractivity contribution in [1.82, 2.24) is 5.32 Å². The smallest absolute Gasteiger partial charge is 0.249 e. The van der Waals surface area contributed by atoms with Crippen LogP contribution in [0.25, 0.3) is 0 Å². The molecule has 0 aromatic heterocycles. The Balaban J connectivity index is 1.30. The van der Waals surface area contributed by atoms with Gasteiger partial charge < -0.3 is 125 Å². The van der Waals surface area contributed by atoms with E-state index in [0.717, 1.165) is 51.4 Å². The Labute approximate surface area is 546 Å². The van der Waals surface area contributed by atoms with Gasteiger partial charge >= 0.3 is 0 Å². The van der Waals surface area contributed by atoms with Crippen molar-refractivity contribution >= 4 is 5.91 Å². The van der Waals surface area contributed by atoms with E-state index in [1.54, 1.807) is 0 Å². The van der Waals surface area contributed by atoms with Gasteiger partial charge in [-0.15, -0.1) is 0 Å². The highest BCUT2D eigenvalue weighted by Crippen LogP contribution is 2.32. The number of nitrogens with one attached hydrogen (secondary N) is 1. The number of aliphatic hydroxyl groups is 16. The zero-order valence-corrected chi connectivity index (χ0v) is 55.3. The average Bonchev–Trinajstić information content (AvgIpc) is 0.812. The van der Waals surface area contributed by atoms with Gasteiger partial charge in [0, 0.05) is 0 Å². The van der Waals surface area contributed by atoms with E-state index in [4.69, 9.17) is 37.9 Å². The van der Waals surface area contributed by atoms with Crippen LogP contribution in [0, 0.1) is 0 Å². The van der Waals surface area contributed by atoms with Gasteiger partial charge in [0.2, 0.25) is 5.91 Å². The monoisotopic (exact) mass is 1330 g/mol. The van der Waals surface area contributed by atoms with Crippen LogP contribution in [0.3, 0.4) is 0 Å². The van der Waals surface area contributed by atoms with Gasteiger partial charge in [0.15, 0.2) is 25.2 Å². The van der Waals surface area contributed by atoms with Gasteiger partial charge in [0.1, 0.15) is 110 Å². The van der Waals surface area contributed by atoms with Gasteiger partial charge in [-0.25, -0.2) is 0 Å². The quantitative estimate of drug-likeness (QED) is 0.0388. The Bertz CT molecular complexity index is 1840.